The number of fused-ring (bicyclic) bond motifs is 3. The molecule has 4 heteroatoms. The number of benzene rings is 1. The van der Waals surface area contributed by atoms with Crippen LogP contribution in [0.5, 0.6) is 0 Å². The van der Waals surface area contributed by atoms with Gasteiger partial charge in [0.15, 0.2) is 3.92 Å². The number of aromatic nitrogens is 1. The molecule has 0 aliphatic heterocycles. The van der Waals surface area contributed by atoms with E-state index in [0.29, 0.717) is 0 Å². The van der Waals surface area contributed by atoms with E-state index < -0.39 is 0 Å². The van der Waals surface area contributed by atoms with Gasteiger partial charge in [-0.05, 0) is 33.6 Å². The lowest BCUT2D eigenvalue weighted by Gasteiger charge is -1.98. The topological polar surface area (TPSA) is 12.9 Å². The fourth-order valence-electron chi connectivity index (χ4n) is 1.75. The van der Waals surface area contributed by atoms with Crippen molar-refractivity contribution in [2.24, 2.45) is 0 Å². The molecule has 2 aromatic rings. The van der Waals surface area contributed by atoms with E-state index in [1.54, 1.807) is 11.3 Å². The monoisotopic (exact) mass is 329 g/mol. The summed E-state index contributed by atoms with van der Waals surface area (Å²) in [5, 5.41) is 0. The van der Waals surface area contributed by atoms with Gasteiger partial charge in [-0.25, -0.2) is 4.98 Å². The zero-order valence-electron chi connectivity index (χ0n) is 7.05. The van der Waals surface area contributed by atoms with Crippen LogP contribution in [0.3, 0.4) is 0 Å². The Hall–Kier alpha value is -0.190. The summed E-state index contributed by atoms with van der Waals surface area (Å²) in [6, 6.07) is 6.40. The Morgan fingerprint density at radius 2 is 2.14 bits per heavy atom. The molecule has 1 heterocycles. The second kappa shape index (κ2) is 3.15. The van der Waals surface area contributed by atoms with E-state index in [4.69, 9.17) is 0 Å². The van der Waals surface area contributed by atoms with E-state index >= 15 is 0 Å². The Labute approximate surface area is 102 Å². The second-order valence-corrected chi connectivity index (χ2v) is 6.49. The maximum absolute atomic E-state index is 4.49. The quantitative estimate of drug-likeness (QED) is 0.600. The van der Waals surface area contributed by atoms with Crippen molar-refractivity contribution in [1.82, 2.24) is 4.98 Å². The molecule has 0 fully saturated rings. The maximum atomic E-state index is 4.49. The average molecular weight is 331 g/mol. The molecule has 0 N–H and O–H groups in total. The highest BCUT2D eigenvalue weighted by Crippen LogP contribution is 2.41. The molecule has 1 nitrogen and oxygen atoms in total. The first-order valence-corrected chi connectivity index (χ1v) is 6.58. The van der Waals surface area contributed by atoms with Gasteiger partial charge >= 0.3 is 0 Å². The molecule has 1 aliphatic rings. The summed E-state index contributed by atoms with van der Waals surface area (Å²) in [7, 11) is 0. The van der Waals surface area contributed by atoms with Crippen LogP contribution in [0.2, 0.25) is 0 Å². The van der Waals surface area contributed by atoms with E-state index in [2.05, 4.69) is 55.0 Å². The number of rotatable bonds is 0. The van der Waals surface area contributed by atoms with Crippen molar-refractivity contribution in [3.63, 3.8) is 0 Å². The van der Waals surface area contributed by atoms with Crippen molar-refractivity contribution in [2.45, 2.75) is 6.42 Å². The van der Waals surface area contributed by atoms with Gasteiger partial charge in [0.2, 0.25) is 0 Å². The predicted molar refractivity (Wildman–Crippen MR) is 65.8 cm³/mol. The number of nitrogens with zero attached hydrogens (tertiary/aromatic N) is 1. The largest absolute Gasteiger partial charge is 0.229 e. The van der Waals surface area contributed by atoms with Gasteiger partial charge in [-0.15, -0.1) is 11.3 Å². The van der Waals surface area contributed by atoms with E-state index in [1.807, 2.05) is 0 Å². The highest BCUT2D eigenvalue weighted by atomic mass is 79.9. The lowest BCUT2D eigenvalue weighted by molar-refractivity contribution is 1.30. The van der Waals surface area contributed by atoms with Crippen LogP contribution in [0.15, 0.2) is 26.6 Å². The normalized spacial score (nSPS) is 12.7. The minimum atomic E-state index is 0.980. The molecule has 0 radical (unpaired) electrons. The summed E-state index contributed by atoms with van der Waals surface area (Å²) in [6.07, 6.45) is 1.03. The van der Waals surface area contributed by atoms with Crippen LogP contribution in [0.4, 0.5) is 0 Å². The Morgan fingerprint density at radius 1 is 1.29 bits per heavy atom. The summed E-state index contributed by atoms with van der Waals surface area (Å²) in [6.45, 7) is 0. The van der Waals surface area contributed by atoms with Gasteiger partial charge in [0.05, 0.1) is 5.69 Å². The fourth-order valence-corrected chi connectivity index (χ4v) is 3.69. The van der Waals surface area contributed by atoms with Crippen LogP contribution in [-0.2, 0) is 6.42 Å². The van der Waals surface area contributed by atoms with Crippen LogP contribution >= 0.6 is 43.2 Å². The Kier molecular flexibility index (Phi) is 2.04. The first-order valence-electron chi connectivity index (χ1n) is 4.18. The molecule has 70 valence electrons. The van der Waals surface area contributed by atoms with Crippen LogP contribution in [0.1, 0.15) is 10.4 Å². The average Bonchev–Trinajstić information content (AvgIpc) is 2.62. The van der Waals surface area contributed by atoms with Gasteiger partial charge < -0.3 is 0 Å². The lowest BCUT2D eigenvalue weighted by Crippen LogP contribution is -1.80. The van der Waals surface area contributed by atoms with E-state index in [9.17, 15) is 0 Å². The zero-order chi connectivity index (χ0) is 9.71. The number of hydrogen-bond donors (Lipinski definition) is 0. The highest BCUT2D eigenvalue weighted by molar-refractivity contribution is 9.11. The van der Waals surface area contributed by atoms with Crippen molar-refractivity contribution in [3.8, 4) is 11.3 Å². The third-order valence-corrected chi connectivity index (χ3v) is 4.35. The number of hydrogen-bond acceptors (Lipinski definition) is 2. The van der Waals surface area contributed by atoms with Crippen LogP contribution in [0.25, 0.3) is 11.3 Å². The Balaban J connectivity index is 2.28. The molecule has 14 heavy (non-hydrogen) atoms. The number of thiazole rings is 1. The first-order chi connectivity index (χ1) is 6.74. The SMILES string of the molecule is Brc1ccc2c(c1)-c1nc(Br)sc1C2. The van der Waals surface area contributed by atoms with Crippen molar-refractivity contribution in [3.05, 3.63) is 37.0 Å². The van der Waals surface area contributed by atoms with E-state index in [-0.39, 0.29) is 0 Å². The molecule has 0 unspecified atom stereocenters. The molecule has 0 saturated heterocycles. The van der Waals surface area contributed by atoms with Crippen molar-refractivity contribution in [1.29, 1.82) is 0 Å². The van der Waals surface area contributed by atoms with Crippen molar-refractivity contribution < 1.29 is 0 Å². The standard InChI is InChI=1S/C10H5Br2NS/c11-6-2-1-5-3-8-9(7(5)4-6)13-10(12)14-8/h1-2,4H,3H2. The summed E-state index contributed by atoms with van der Waals surface area (Å²) < 4.78 is 2.10. The Bertz CT molecular complexity index is 519. The summed E-state index contributed by atoms with van der Waals surface area (Å²) in [5.41, 5.74) is 3.81. The molecule has 1 aromatic carbocycles. The molecule has 0 bridgehead atoms. The third kappa shape index (κ3) is 1.28. The fraction of sp³-hybridized carbons (Fsp3) is 0.100. The summed E-state index contributed by atoms with van der Waals surface area (Å²) in [4.78, 5) is 5.85. The van der Waals surface area contributed by atoms with Gasteiger partial charge in [-0.3, -0.25) is 0 Å². The molecule has 1 aromatic heterocycles. The van der Waals surface area contributed by atoms with Crippen LogP contribution in [-0.4, -0.2) is 4.98 Å². The minimum Gasteiger partial charge on any atom is -0.229 e. The number of halogens is 2. The van der Waals surface area contributed by atoms with Gasteiger partial charge in [0.1, 0.15) is 0 Å². The first kappa shape index (κ1) is 9.07. The molecule has 0 atom stereocenters. The third-order valence-electron chi connectivity index (χ3n) is 2.35. The smallest absolute Gasteiger partial charge is 0.160 e. The summed E-state index contributed by atoms with van der Waals surface area (Å²) >= 11 is 8.64. The predicted octanol–water partition coefficient (Wildman–Crippen LogP) is 4.24. The van der Waals surface area contributed by atoms with Crippen molar-refractivity contribution >= 4 is 43.2 Å². The molecule has 0 amide bonds. The van der Waals surface area contributed by atoms with Gasteiger partial charge in [0, 0.05) is 21.3 Å². The zero-order valence-corrected chi connectivity index (χ0v) is 11.0. The molecule has 0 saturated carbocycles. The molecule has 3 rings (SSSR count). The van der Waals surface area contributed by atoms with Gasteiger partial charge in [-0.1, -0.05) is 22.0 Å². The van der Waals surface area contributed by atoms with E-state index in [0.717, 1.165) is 20.5 Å². The van der Waals surface area contributed by atoms with Crippen molar-refractivity contribution in [2.75, 3.05) is 0 Å². The molecule has 1 aliphatic carbocycles. The lowest BCUT2D eigenvalue weighted by atomic mass is 10.1. The Morgan fingerprint density at radius 3 is 3.00 bits per heavy atom. The minimum absolute atomic E-state index is 0.980. The molecule has 0 spiro atoms. The van der Waals surface area contributed by atoms with Crippen LogP contribution < -0.4 is 0 Å². The van der Waals surface area contributed by atoms with Crippen LogP contribution in [0, 0.1) is 0 Å². The van der Waals surface area contributed by atoms with Gasteiger partial charge in [0.25, 0.3) is 0 Å². The highest BCUT2D eigenvalue weighted by Gasteiger charge is 2.22. The molecular weight excluding hydrogens is 326 g/mol. The maximum Gasteiger partial charge on any atom is 0.160 e. The van der Waals surface area contributed by atoms with E-state index in [1.165, 1.54) is 16.0 Å². The molecular formula is C10H5Br2NS. The van der Waals surface area contributed by atoms with Gasteiger partial charge in [-0.2, -0.15) is 0 Å². The summed E-state index contributed by atoms with van der Waals surface area (Å²) in [5.74, 6) is 0. The second-order valence-electron chi connectivity index (χ2n) is 3.22.